The molecule has 1 aromatic heterocycles. The summed E-state index contributed by atoms with van der Waals surface area (Å²) in [6.07, 6.45) is 2.54. The minimum atomic E-state index is 0.227. The molecule has 1 saturated heterocycles. The molecule has 1 fully saturated rings. The van der Waals surface area contributed by atoms with Crippen molar-refractivity contribution in [2.24, 2.45) is 0 Å². The maximum Gasteiger partial charge on any atom is 0.227 e. The highest BCUT2D eigenvalue weighted by Gasteiger charge is 2.24. The third-order valence-corrected chi connectivity index (χ3v) is 5.93. The Labute approximate surface area is 161 Å². The zero-order valence-corrected chi connectivity index (χ0v) is 16.1. The number of carbonyl (C=O) groups is 1. The molecule has 3 heteroatoms. The second-order valence-corrected chi connectivity index (χ2v) is 7.56. The second-order valence-electron chi connectivity index (χ2n) is 7.56. The Bertz CT molecular complexity index is 957. The number of aromatic nitrogens is 1. The van der Waals surface area contributed by atoms with Crippen molar-refractivity contribution in [1.82, 2.24) is 9.88 Å². The molecule has 0 aliphatic carbocycles. The van der Waals surface area contributed by atoms with Gasteiger partial charge in [0.1, 0.15) is 0 Å². The molecule has 27 heavy (non-hydrogen) atoms. The van der Waals surface area contributed by atoms with E-state index in [1.807, 2.05) is 30.0 Å². The van der Waals surface area contributed by atoms with Gasteiger partial charge in [0, 0.05) is 24.2 Å². The van der Waals surface area contributed by atoms with Crippen LogP contribution in [0.4, 0.5) is 0 Å². The van der Waals surface area contributed by atoms with Gasteiger partial charge in [-0.05, 0) is 55.4 Å². The summed E-state index contributed by atoms with van der Waals surface area (Å²) in [5.74, 6) is 0.797. The molecule has 0 N–H and O–H groups in total. The predicted octanol–water partition coefficient (Wildman–Crippen LogP) is 4.80. The Kier molecular flexibility index (Phi) is 4.93. The summed E-state index contributed by atoms with van der Waals surface area (Å²) in [5, 5.41) is 1.15. The van der Waals surface area contributed by atoms with E-state index in [0.717, 1.165) is 48.1 Å². The number of fused-ring (bicyclic) bond motifs is 1. The fourth-order valence-corrected chi connectivity index (χ4v) is 4.28. The van der Waals surface area contributed by atoms with Crippen LogP contribution in [0.1, 0.15) is 41.1 Å². The average Bonchev–Trinajstić information content (AvgIpc) is 2.72. The van der Waals surface area contributed by atoms with Gasteiger partial charge in [0.05, 0.1) is 11.9 Å². The van der Waals surface area contributed by atoms with Gasteiger partial charge in [-0.25, -0.2) is 0 Å². The molecular weight excluding hydrogens is 332 g/mol. The molecule has 0 bridgehead atoms. The van der Waals surface area contributed by atoms with Gasteiger partial charge in [0.2, 0.25) is 5.91 Å². The summed E-state index contributed by atoms with van der Waals surface area (Å²) in [6.45, 7) is 5.82. The molecular formula is C24H26N2O. The number of hydrogen-bond donors (Lipinski definition) is 0. The summed E-state index contributed by atoms with van der Waals surface area (Å²) in [7, 11) is 0. The molecule has 0 atom stereocenters. The first-order valence-electron chi connectivity index (χ1n) is 9.81. The zero-order valence-electron chi connectivity index (χ0n) is 16.1. The highest BCUT2D eigenvalue weighted by atomic mass is 16.2. The first-order chi connectivity index (χ1) is 13.1. The lowest BCUT2D eigenvalue weighted by atomic mass is 9.89. The van der Waals surface area contributed by atoms with E-state index in [1.54, 1.807) is 0 Å². The summed E-state index contributed by atoms with van der Waals surface area (Å²) in [6, 6.07) is 18.8. The average molecular weight is 358 g/mol. The molecule has 0 unspecified atom stereocenters. The van der Waals surface area contributed by atoms with Gasteiger partial charge in [-0.3, -0.25) is 9.78 Å². The van der Waals surface area contributed by atoms with Crippen LogP contribution in [0.15, 0.2) is 54.6 Å². The van der Waals surface area contributed by atoms with Crippen molar-refractivity contribution >= 4 is 16.8 Å². The molecule has 2 aromatic carbocycles. The van der Waals surface area contributed by atoms with Crippen LogP contribution in [0, 0.1) is 13.8 Å². The van der Waals surface area contributed by atoms with Crippen molar-refractivity contribution in [3.63, 3.8) is 0 Å². The van der Waals surface area contributed by atoms with Gasteiger partial charge >= 0.3 is 0 Å². The molecule has 0 spiro atoms. The smallest absolute Gasteiger partial charge is 0.227 e. The summed E-state index contributed by atoms with van der Waals surface area (Å²) in [4.78, 5) is 19.7. The molecule has 138 valence electrons. The third kappa shape index (κ3) is 3.59. The molecule has 2 heterocycles. The van der Waals surface area contributed by atoms with Gasteiger partial charge < -0.3 is 4.90 Å². The van der Waals surface area contributed by atoms with Gasteiger partial charge in [-0.15, -0.1) is 0 Å². The summed E-state index contributed by atoms with van der Waals surface area (Å²) >= 11 is 0. The number of likely N-dealkylation sites (tertiary alicyclic amines) is 1. The van der Waals surface area contributed by atoms with E-state index in [1.165, 1.54) is 11.1 Å². The van der Waals surface area contributed by atoms with Crippen molar-refractivity contribution in [2.45, 2.75) is 39.0 Å². The molecule has 1 aliphatic rings. The van der Waals surface area contributed by atoms with Crippen molar-refractivity contribution in [2.75, 3.05) is 13.1 Å². The van der Waals surface area contributed by atoms with Gasteiger partial charge in [0.25, 0.3) is 0 Å². The van der Waals surface area contributed by atoms with Crippen LogP contribution in [0.3, 0.4) is 0 Å². The standard InChI is InChI=1S/C24H26N2O/c1-17-21-10-6-7-11-23(21)25-18(2)22(17)16-24(27)26-14-12-20(13-15-26)19-8-4-3-5-9-19/h3-11,20H,12-16H2,1-2H3. The van der Waals surface area contributed by atoms with Crippen molar-refractivity contribution in [1.29, 1.82) is 0 Å². The molecule has 0 radical (unpaired) electrons. The van der Waals surface area contributed by atoms with Crippen LogP contribution in [0.5, 0.6) is 0 Å². The van der Waals surface area contributed by atoms with Crippen LogP contribution < -0.4 is 0 Å². The summed E-state index contributed by atoms with van der Waals surface area (Å²) in [5.41, 5.74) is 5.65. The monoisotopic (exact) mass is 358 g/mol. The van der Waals surface area contributed by atoms with E-state index in [0.29, 0.717) is 12.3 Å². The van der Waals surface area contributed by atoms with E-state index in [-0.39, 0.29) is 5.91 Å². The zero-order chi connectivity index (χ0) is 18.8. The van der Waals surface area contributed by atoms with Gasteiger partial charge in [-0.2, -0.15) is 0 Å². The number of nitrogens with zero attached hydrogens (tertiary/aromatic N) is 2. The maximum absolute atomic E-state index is 12.9. The number of piperidine rings is 1. The maximum atomic E-state index is 12.9. The largest absolute Gasteiger partial charge is 0.342 e. The minimum absolute atomic E-state index is 0.227. The van der Waals surface area contributed by atoms with E-state index in [9.17, 15) is 4.79 Å². The Morgan fingerprint density at radius 3 is 2.41 bits per heavy atom. The number of benzene rings is 2. The SMILES string of the molecule is Cc1nc2ccccc2c(C)c1CC(=O)N1CCC(c2ccccc2)CC1. The Hall–Kier alpha value is -2.68. The quantitative estimate of drug-likeness (QED) is 0.674. The van der Waals surface area contributed by atoms with E-state index in [4.69, 9.17) is 4.98 Å². The van der Waals surface area contributed by atoms with Crippen LogP contribution in [-0.2, 0) is 11.2 Å². The molecule has 3 nitrogen and oxygen atoms in total. The molecule has 0 saturated carbocycles. The van der Waals surface area contributed by atoms with Crippen LogP contribution in [0.2, 0.25) is 0 Å². The Morgan fingerprint density at radius 2 is 1.67 bits per heavy atom. The lowest BCUT2D eigenvalue weighted by Crippen LogP contribution is -2.39. The number of rotatable bonds is 3. The van der Waals surface area contributed by atoms with Gasteiger partial charge in [0.15, 0.2) is 0 Å². The van der Waals surface area contributed by atoms with E-state index < -0.39 is 0 Å². The Balaban J connectivity index is 1.47. The number of pyridine rings is 1. The Morgan fingerprint density at radius 1 is 1.00 bits per heavy atom. The normalized spacial score (nSPS) is 15.3. The first kappa shape index (κ1) is 17.7. The molecule has 3 aromatic rings. The first-order valence-corrected chi connectivity index (χ1v) is 9.81. The van der Waals surface area contributed by atoms with Crippen molar-refractivity contribution in [3.8, 4) is 0 Å². The fourth-order valence-electron chi connectivity index (χ4n) is 4.28. The lowest BCUT2D eigenvalue weighted by Gasteiger charge is -2.32. The van der Waals surface area contributed by atoms with Crippen molar-refractivity contribution in [3.05, 3.63) is 77.0 Å². The minimum Gasteiger partial charge on any atom is -0.342 e. The number of amides is 1. The molecule has 1 aliphatic heterocycles. The third-order valence-electron chi connectivity index (χ3n) is 5.93. The van der Waals surface area contributed by atoms with Crippen LogP contribution >= 0.6 is 0 Å². The summed E-state index contributed by atoms with van der Waals surface area (Å²) < 4.78 is 0. The second kappa shape index (κ2) is 7.51. The van der Waals surface area contributed by atoms with Gasteiger partial charge in [-0.1, -0.05) is 48.5 Å². The molecule has 1 amide bonds. The number of hydrogen-bond acceptors (Lipinski definition) is 2. The van der Waals surface area contributed by atoms with E-state index >= 15 is 0 Å². The van der Waals surface area contributed by atoms with Crippen molar-refractivity contribution < 1.29 is 4.79 Å². The highest BCUT2D eigenvalue weighted by molar-refractivity contribution is 5.86. The van der Waals surface area contributed by atoms with Crippen LogP contribution in [0.25, 0.3) is 10.9 Å². The topological polar surface area (TPSA) is 33.2 Å². The van der Waals surface area contributed by atoms with E-state index in [2.05, 4.69) is 43.3 Å². The number of carbonyl (C=O) groups excluding carboxylic acids is 1. The van der Waals surface area contributed by atoms with Crippen LogP contribution in [-0.4, -0.2) is 28.9 Å². The predicted molar refractivity (Wildman–Crippen MR) is 110 cm³/mol. The lowest BCUT2D eigenvalue weighted by molar-refractivity contribution is -0.131. The molecule has 4 rings (SSSR count). The highest BCUT2D eigenvalue weighted by Crippen LogP contribution is 2.29. The number of para-hydroxylation sites is 1. The number of aryl methyl sites for hydroxylation is 2. The fraction of sp³-hybridized carbons (Fsp3) is 0.333.